The Bertz CT molecular complexity index is 1070. The number of anilines is 1. The third-order valence-electron chi connectivity index (χ3n) is 4.59. The molecule has 0 spiro atoms. The van der Waals surface area contributed by atoms with Crippen molar-refractivity contribution < 1.29 is 14.3 Å². The molecule has 0 saturated heterocycles. The molecule has 2 N–H and O–H groups in total. The van der Waals surface area contributed by atoms with Gasteiger partial charge in [-0.1, -0.05) is 29.5 Å². The van der Waals surface area contributed by atoms with Crippen LogP contribution in [-0.4, -0.2) is 39.4 Å². The first-order chi connectivity index (χ1) is 14.9. The molecule has 8 nitrogen and oxygen atoms in total. The number of thioether (sulfide) groups is 1. The molecule has 9 heteroatoms. The second kappa shape index (κ2) is 10.1. The van der Waals surface area contributed by atoms with Gasteiger partial charge in [-0.3, -0.25) is 9.59 Å². The van der Waals surface area contributed by atoms with Crippen LogP contribution in [0.4, 0.5) is 5.69 Å². The van der Waals surface area contributed by atoms with Crippen LogP contribution in [0.25, 0.3) is 0 Å². The molecule has 162 valence electrons. The second-order valence-electron chi connectivity index (χ2n) is 7.03. The van der Waals surface area contributed by atoms with E-state index in [9.17, 15) is 9.59 Å². The number of amides is 2. The number of hydrogen-bond donors (Lipinski definition) is 2. The fraction of sp³-hybridized carbons (Fsp3) is 0.273. The van der Waals surface area contributed by atoms with E-state index >= 15 is 0 Å². The predicted octanol–water partition coefficient (Wildman–Crippen LogP) is 3.35. The molecule has 2 amide bonds. The molecule has 0 aliphatic heterocycles. The first-order valence-electron chi connectivity index (χ1n) is 9.71. The van der Waals surface area contributed by atoms with Gasteiger partial charge in [-0.25, -0.2) is 0 Å². The fourth-order valence-corrected chi connectivity index (χ4v) is 3.68. The highest BCUT2D eigenvalue weighted by molar-refractivity contribution is 7.99. The van der Waals surface area contributed by atoms with Crippen LogP contribution < -0.4 is 15.4 Å². The zero-order valence-electron chi connectivity index (χ0n) is 17.9. The lowest BCUT2D eigenvalue weighted by atomic mass is 10.1. The first-order valence-corrected chi connectivity index (χ1v) is 10.7. The van der Waals surface area contributed by atoms with Gasteiger partial charge in [0.1, 0.15) is 5.75 Å². The molecule has 0 bridgehead atoms. The summed E-state index contributed by atoms with van der Waals surface area (Å²) < 4.78 is 6.89. The van der Waals surface area contributed by atoms with Crippen molar-refractivity contribution in [2.24, 2.45) is 7.05 Å². The summed E-state index contributed by atoms with van der Waals surface area (Å²) in [4.78, 5) is 24.7. The molecule has 3 aromatic rings. The third-order valence-corrected chi connectivity index (χ3v) is 5.61. The van der Waals surface area contributed by atoms with Crippen molar-refractivity contribution in [2.45, 2.75) is 25.0 Å². The quantitative estimate of drug-likeness (QED) is 0.523. The predicted molar refractivity (Wildman–Crippen MR) is 120 cm³/mol. The maximum Gasteiger partial charge on any atom is 0.251 e. The lowest BCUT2D eigenvalue weighted by molar-refractivity contribution is -0.113. The van der Waals surface area contributed by atoms with E-state index in [1.165, 1.54) is 11.8 Å². The monoisotopic (exact) mass is 439 g/mol. The van der Waals surface area contributed by atoms with Gasteiger partial charge in [0.2, 0.25) is 5.91 Å². The molecule has 1 aromatic heterocycles. The van der Waals surface area contributed by atoms with Crippen LogP contribution in [-0.2, 0) is 11.8 Å². The average Bonchev–Trinajstić information content (AvgIpc) is 3.13. The first kappa shape index (κ1) is 22.4. The van der Waals surface area contributed by atoms with Gasteiger partial charge in [0.15, 0.2) is 11.0 Å². The molecule has 1 atom stereocenters. The lowest BCUT2D eigenvalue weighted by Gasteiger charge is -2.14. The van der Waals surface area contributed by atoms with Gasteiger partial charge in [-0.2, -0.15) is 0 Å². The highest BCUT2D eigenvalue weighted by atomic mass is 32.2. The van der Waals surface area contributed by atoms with E-state index in [0.717, 1.165) is 11.3 Å². The molecule has 2 aromatic carbocycles. The molecular weight excluding hydrogens is 414 g/mol. The number of benzene rings is 2. The number of rotatable bonds is 8. The molecule has 0 saturated carbocycles. The highest BCUT2D eigenvalue weighted by Crippen LogP contribution is 2.20. The van der Waals surface area contributed by atoms with Crippen LogP contribution >= 0.6 is 11.8 Å². The number of hydrogen-bond acceptors (Lipinski definition) is 6. The van der Waals surface area contributed by atoms with Crippen molar-refractivity contribution in [2.75, 3.05) is 18.2 Å². The summed E-state index contributed by atoms with van der Waals surface area (Å²) in [5.41, 5.74) is 2.31. The largest absolute Gasteiger partial charge is 0.497 e. The number of aromatic nitrogens is 3. The minimum absolute atomic E-state index is 0.152. The molecule has 3 rings (SSSR count). The number of nitrogens with zero attached hydrogens (tertiary/aromatic N) is 3. The number of aryl methyl sites for hydroxylation is 1. The Kier molecular flexibility index (Phi) is 7.30. The maximum atomic E-state index is 12.5. The lowest BCUT2D eigenvalue weighted by Crippen LogP contribution is -2.28. The van der Waals surface area contributed by atoms with E-state index in [1.54, 1.807) is 42.0 Å². The van der Waals surface area contributed by atoms with Crippen LogP contribution in [0, 0.1) is 6.92 Å². The SMILES string of the molecule is COc1ccc(NC(=O)CSc2nnc([C@@H](C)NC(=O)c3cccc(C)c3)n2C)cc1. The Hall–Kier alpha value is -3.33. The zero-order valence-corrected chi connectivity index (χ0v) is 18.7. The molecule has 0 radical (unpaired) electrons. The van der Waals surface area contributed by atoms with Crippen LogP contribution in [0.3, 0.4) is 0 Å². The summed E-state index contributed by atoms with van der Waals surface area (Å²) in [7, 11) is 3.41. The van der Waals surface area contributed by atoms with E-state index in [2.05, 4.69) is 20.8 Å². The van der Waals surface area contributed by atoms with E-state index in [1.807, 2.05) is 39.1 Å². The fourth-order valence-electron chi connectivity index (χ4n) is 2.96. The van der Waals surface area contributed by atoms with Gasteiger partial charge in [0, 0.05) is 18.3 Å². The minimum Gasteiger partial charge on any atom is -0.497 e. The van der Waals surface area contributed by atoms with E-state index in [0.29, 0.717) is 22.2 Å². The van der Waals surface area contributed by atoms with Gasteiger partial charge in [0.25, 0.3) is 5.91 Å². The van der Waals surface area contributed by atoms with Gasteiger partial charge in [-0.05, 0) is 50.2 Å². The zero-order chi connectivity index (χ0) is 22.4. The average molecular weight is 440 g/mol. The minimum atomic E-state index is -0.340. The molecular formula is C22H25N5O3S. The van der Waals surface area contributed by atoms with Crippen molar-refractivity contribution in [1.82, 2.24) is 20.1 Å². The van der Waals surface area contributed by atoms with Crippen LogP contribution in [0.2, 0.25) is 0 Å². The summed E-state index contributed by atoms with van der Waals surface area (Å²) in [6.45, 7) is 3.79. The topological polar surface area (TPSA) is 98.1 Å². The van der Waals surface area contributed by atoms with Gasteiger partial charge in [0.05, 0.1) is 18.9 Å². The van der Waals surface area contributed by atoms with Crippen molar-refractivity contribution in [3.63, 3.8) is 0 Å². The normalized spacial score (nSPS) is 11.6. The van der Waals surface area contributed by atoms with Crippen LogP contribution in [0.5, 0.6) is 5.75 Å². The number of carbonyl (C=O) groups is 2. The Morgan fingerprint density at radius 3 is 2.58 bits per heavy atom. The molecule has 31 heavy (non-hydrogen) atoms. The standard InChI is InChI=1S/C22H25N5O3S/c1-14-6-5-7-16(12-14)21(29)23-15(2)20-25-26-22(27(20)3)31-13-19(28)24-17-8-10-18(30-4)11-9-17/h5-12,15H,13H2,1-4H3,(H,23,29)(H,24,28)/t15-/m1/s1. The number of carbonyl (C=O) groups excluding carboxylic acids is 2. The molecule has 0 aliphatic rings. The van der Waals surface area contributed by atoms with Crippen molar-refractivity contribution in [3.05, 3.63) is 65.5 Å². The second-order valence-corrected chi connectivity index (χ2v) is 7.97. The van der Waals surface area contributed by atoms with Crippen LogP contribution in [0.1, 0.15) is 34.7 Å². The van der Waals surface area contributed by atoms with E-state index in [4.69, 9.17) is 4.74 Å². The highest BCUT2D eigenvalue weighted by Gasteiger charge is 2.19. The van der Waals surface area contributed by atoms with E-state index < -0.39 is 0 Å². The Balaban J connectivity index is 1.56. The van der Waals surface area contributed by atoms with Crippen molar-refractivity contribution in [1.29, 1.82) is 0 Å². The maximum absolute atomic E-state index is 12.5. The third kappa shape index (κ3) is 5.85. The number of methoxy groups -OCH3 is 1. The molecule has 0 fully saturated rings. The summed E-state index contributed by atoms with van der Waals surface area (Å²) in [5, 5.41) is 14.7. The molecule has 0 aliphatic carbocycles. The van der Waals surface area contributed by atoms with Gasteiger partial charge in [-0.15, -0.1) is 10.2 Å². The number of ether oxygens (including phenoxy) is 1. The summed E-state index contributed by atoms with van der Waals surface area (Å²) in [6.07, 6.45) is 0. The Labute approximate surface area is 185 Å². The summed E-state index contributed by atoms with van der Waals surface area (Å²) in [5.74, 6) is 1.19. The Morgan fingerprint density at radius 1 is 1.16 bits per heavy atom. The molecule has 0 unspecified atom stereocenters. The molecule has 1 heterocycles. The number of nitrogens with one attached hydrogen (secondary N) is 2. The van der Waals surface area contributed by atoms with E-state index in [-0.39, 0.29) is 23.6 Å². The summed E-state index contributed by atoms with van der Waals surface area (Å²) >= 11 is 1.28. The van der Waals surface area contributed by atoms with Crippen molar-refractivity contribution in [3.8, 4) is 5.75 Å². The van der Waals surface area contributed by atoms with Gasteiger partial charge < -0.3 is 19.9 Å². The van der Waals surface area contributed by atoms with Crippen molar-refractivity contribution >= 4 is 29.3 Å². The summed E-state index contributed by atoms with van der Waals surface area (Å²) in [6, 6.07) is 14.2. The van der Waals surface area contributed by atoms with Gasteiger partial charge >= 0.3 is 0 Å². The van der Waals surface area contributed by atoms with Crippen LogP contribution in [0.15, 0.2) is 53.7 Å². The Morgan fingerprint density at radius 2 is 1.90 bits per heavy atom. The smallest absolute Gasteiger partial charge is 0.251 e.